The van der Waals surface area contributed by atoms with Crippen LogP contribution in [-0.2, 0) is 9.53 Å². The van der Waals surface area contributed by atoms with Gasteiger partial charge in [-0.1, -0.05) is 6.92 Å². The molecule has 2 aliphatic heterocycles. The molecular formula is C31H43N5O7. The van der Waals surface area contributed by atoms with Gasteiger partial charge in [-0.15, -0.1) is 0 Å². The van der Waals surface area contributed by atoms with Crippen molar-refractivity contribution in [3.8, 4) is 11.5 Å². The third-order valence-corrected chi connectivity index (χ3v) is 7.85. The van der Waals surface area contributed by atoms with Crippen LogP contribution in [0, 0.1) is 5.92 Å². The van der Waals surface area contributed by atoms with Gasteiger partial charge in [-0.05, 0) is 49.4 Å². The highest BCUT2D eigenvalue weighted by molar-refractivity contribution is 6.00. The molecule has 2 aliphatic rings. The number of aliphatic hydroxyl groups excluding tert-OH is 1. The van der Waals surface area contributed by atoms with Crippen LogP contribution in [0.5, 0.6) is 11.5 Å². The Kier molecular flexibility index (Phi) is 11.2. The quantitative estimate of drug-likeness (QED) is 0.381. The highest BCUT2D eigenvalue weighted by Crippen LogP contribution is 2.31. The average Bonchev–Trinajstić information content (AvgIpc) is 3.02. The second-order valence-corrected chi connectivity index (χ2v) is 11.1. The number of nitrogens with zero attached hydrogens (tertiary/aromatic N) is 3. The predicted octanol–water partition coefficient (Wildman–Crippen LogP) is 2.74. The maximum atomic E-state index is 13.7. The van der Waals surface area contributed by atoms with Gasteiger partial charge < -0.3 is 39.8 Å². The van der Waals surface area contributed by atoms with Gasteiger partial charge in [0.15, 0.2) is 0 Å². The van der Waals surface area contributed by atoms with Gasteiger partial charge >= 0.3 is 6.03 Å². The van der Waals surface area contributed by atoms with Gasteiger partial charge in [0.1, 0.15) is 17.6 Å². The highest BCUT2D eigenvalue weighted by Gasteiger charge is 2.34. The van der Waals surface area contributed by atoms with E-state index >= 15 is 0 Å². The summed E-state index contributed by atoms with van der Waals surface area (Å²) < 4.78 is 16.9. The lowest BCUT2D eigenvalue weighted by Crippen LogP contribution is -2.50. The van der Waals surface area contributed by atoms with Crippen LogP contribution < -0.4 is 20.1 Å². The zero-order valence-corrected chi connectivity index (χ0v) is 25.4. The van der Waals surface area contributed by atoms with E-state index < -0.39 is 12.1 Å². The fourth-order valence-electron chi connectivity index (χ4n) is 5.07. The summed E-state index contributed by atoms with van der Waals surface area (Å²) in [4.78, 5) is 44.8. The molecule has 4 amide bonds. The van der Waals surface area contributed by atoms with Crippen LogP contribution in [0.25, 0.3) is 0 Å². The molecule has 0 radical (unpaired) electrons. The lowest BCUT2D eigenvalue weighted by atomic mass is 9.99. The summed E-state index contributed by atoms with van der Waals surface area (Å²) in [7, 11) is 3.26. The molecule has 12 heteroatoms. The van der Waals surface area contributed by atoms with Gasteiger partial charge in [0.05, 0.1) is 45.1 Å². The predicted molar refractivity (Wildman–Crippen MR) is 163 cm³/mol. The molecule has 2 heterocycles. The number of carbonyl (C=O) groups is 3. The Balaban J connectivity index is 1.48. The van der Waals surface area contributed by atoms with Crippen molar-refractivity contribution >= 4 is 29.2 Å². The number of aliphatic hydroxyl groups is 1. The number of nitrogens with one attached hydrogen (secondary N) is 2. The van der Waals surface area contributed by atoms with Crippen LogP contribution in [0.15, 0.2) is 42.5 Å². The van der Waals surface area contributed by atoms with Gasteiger partial charge in [0.2, 0.25) is 5.91 Å². The molecule has 1 saturated heterocycles. The average molecular weight is 598 g/mol. The Labute approximate surface area is 252 Å². The number of benzene rings is 2. The van der Waals surface area contributed by atoms with Crippen LogP contribution in [0.1, 0.15) is 30.6 Å². The molecule has 0 saturated carbocycles. The van der Waals surface area contributed by atoms with Gasteiger partial charge in [0, 0.05) is 56.9 Å². The number of morpholine rings is 1. The number of ether oxygens (including phenoxy) is 3. The molecular weight excluding hydrogens is 554 g/mol. The molecule has 0 aliphatic carbocycles. The van der Waals surface area contributed by atoms with Gasteiger partial charge in [-0.25, -0.2) is 4.79 Å². The Bertz CT molecular complexity index is 1250. The summed E-state index contributed by atoms with van der Waals surface area (Å²) in [5.41, 5.74) is 1.40. The van der Waals surface area contributed by atoms with Crippen molar-refractivity contribution in [1.82, 2.24) is 14.7 Å². The molecule has 2 aromatic rings. The SMILES string of the molecule is COc1ccc(NC(=O)N(C)C[C@H]2Oc3ccc(NC(=O)CCN4CCOCC4)cc3C(=O)N([C@H](C)CO)C[C@@H]2C)cc1. The summed E-state index contributed by atoms with van der Waals surface area (Å²) in [6.07, 6.45) is -0.138. The Morgan fingerprint density at radius 1 is 1.12 bits per heavy atom. The summed E-state index contributed by atoms with van der Waals surface area (Å²) in [6, 6.07) is 11.3. The normalized spacial score (nSPS) is 19.7. The number of amides is 4. The molecule has 3 atom stereocenters. The number of urea groups is 1. The zero-order valence-electron chi connectivity index (χ0n) is 25.4. The van der Waals surface area contributed by atoms with E-state index in [1.165, 1.54) is 4.90 Å². The summed E-state index contributed by atoms with van der Waals surface area (Å²) in [6.45, 7) is 7.66. The maximum absolute atomic E-state index is 13.7. The Hall–Kier alpha value is -3.87. The van der Waals surface area contributed by atoms with E-state index in [4.69, 9.17) is 14.2 Å². The van der Waals surface area contributed by atoms with Gasteiger partial charge in [0.25, 0.3) is 5.91 Å². The summed E-state index contributed by atoms with van der Waals surface area (Å²) in [5.74, 6) is 0.432. The number of carbonyl (C=O) groups excluding carboxylic acids is 3. The van der Waals surface area contributed by atoms with E-state index in [2.05, 4.69) is 15.5 Å². The van der Waals surface area contributed by atoms with E-state index in [-0.39, 0.29) is 42.5 Å². The Morgan fingerprint density at radius 2 is 1.81 bits per heavy atom. The third-order valence-electron chi connectivity index (χ3n) is 7.85. The minimum absolute atomic E-state index is 0.151. The molecule has 0 spiro atoms. The molecule has 43 heavy (non-hydrogen) atoms. The van der Waals surface area contributed by atoms with Crippen LogP contribution in [-0.4, -0.2) is 116 Å². The molecule has 0 bridgehead atoms. The number of hydrogen-bond donors (Lipinski definition) is 3. The first-order chi connectivity index (χ1) is 20.7. The molecule has 0 aromatic heterocycles. The van der Waals surface area contributed by atoms with E-state index in [1.807, 2.05) is 6.92 Å². The zero-order chi connectivity index (χ0) is 30.9. The topological polar surface area (TPSA) is 133 Å². The summed E-state index contributed by atoms with van der Waals surface area (Å²) in [5, 5.41) is 15.7. The molecule has 4 rings (SSSR count). The molecule has 234 valence electrons. The Morgan fingerprint density at radius 3 is 2.49 bits per heavy atom. The van der Waals surface area contributed by atoms with Crippen molar-refractivity contribution in [3.05, 3.63) is 48.0 Å². The second kappa shape index (κ2) is 15.0. The molecule has 2 aromatic carbocycles. The fraction of sp³-hybridized carbons (Fsp3) is 0.516. The van der Waals surface area contributed by atoms with Crippen molar-refractivity contribution in [2.24, 2.45) is 5.92 Å². The molecule has 0 unspecified atom stereocenters. The molecule has 1 fully saturated rings. The van der Waals surface area contributed by atoms with Crippen molar-refractivity contribution in [1.29, 1.82) is 0 Å². The monoisotopic (exact) mass is 597 g/mol. The lowest BCUT2D eigenvalue weighted by molar-refractivity contribution is -0.116. The number of methoxy groups -OCH3 is 1. The number of hydrogen-bond acceptors (Lipinski definition) is 8. The maximum Gasteiger partial charge on any atom is 0.321 e. The van der Waals surface area contributed by atoms with E-state index in [1.54, 1.807) is 68.4 Å². The lowest BCUT2D eigenvalue weighted by Gasteiger charge is -2.38. The fourth-order valence-corrected chi connectivity index (χ4v) is 5.07. The number of anilines is 2. The first-order valence-electron chi connectivity index (χ1n) is 14.7. The second-order valence-electron chi connectivity index (χ2n) is 11.1. The minimum atomic E-state index is -0.458. The van der Waals surface area contributed by atoms with Gasteiger partial charge in [-0.2, -0.15) is 0 Å². The van der Waals surface area contributed by atoms with Gasteiger partial charge in [-0.3, -0.25) is 14.5 Å². The van der Waals surface area contributed by atoms with Crippen molar-refractivity contribution in [2.45, 2.75) is 32.4 Å². The largest absolute Gasteiger partial charge is 0.497 e. The smallest absolute Gasteiger partial charge is 0.321 e. The number of rotatable bonds is 10. The van der Waals surface area contributed by atoms with Crippen LogP contribution in [0.2, 0.25) is 0 Å². The van der Waals surface area contributed by atoms with Crippen molar-refractivity contribution in [3.63, 3.8) is 0 Å². The van der Waals surface area contributed by atoms with Crippen LogP contribution in [0.3, 0.4) is 0 Å². The minimum Gasteiger partial charge on any atom is -0.497 e. The van der Waals surface area contributed by atoms with E-state index in [9.17, 15) is 19.5 Å². The first-order valence-corrected chi connectivity index (χ1v) is 14.7. The highest BCUT2D eigenvalue weighted by atomic mass is 16.5. The first kappa shape index (κ1) is 32.1. The van der Waals surface area contributed by atoms with E-state index in [0.29, 0.717) is 55.6 Å². The number of fused-ring (bicyclic) bond motifs is 1. The summed E-state index contributed by atoms with van der Waals surface area (Å²) >= 11 is 0. The molecule has 3 N–H and O–H groups in total. The van der Waals surface area contributed by atoms with Crippen molar-refractivity contribution in [2.75, 3.05) is 77.3 Å². The number of likely N-dealkylation sites (N-methyl/N-ethyl adjacent to an activating group) is 1. The van der Waals surface area contributed by atoms with E-state index in [0.717, 1.165) is 13.1 Å². The standard InChI is InChI=1S/C31H43N5O7/c1-21-18-36(22(2)20-37)30(39)26-17-24(32-29(38)11-12-35-13-15-42-16-14-35)7-10-27(26)43-28(21)19-34(3)31(40)33-23-5-8-25(41-4)9-6-23/h5-10,17,21-22,28,37H,11-16,18-20H2,1-4H3,(H,32,38)(H,33,40)/t21-,22+,28+/m0/s1. The van der Waals surface area contributed by atoms with Crippen molar-refractivity contribution < 1.29 is 33.7 Å². The third kappa shape index (κ3) is 8.59. The van der Waals surface area contributed by atoms with Crippen LogP contribution in [0.4, 0.5) is 16.2 Å². The molecule has 12 nitrogen and oxygen atoms in total. The van der Waals surface area contributed by atoms with Crippen LogP contribution >= 0.6 is 0 Å².